The molecule has 1 aliphatic carbocycles. The van der Waals surface area contributed by atoms with Crippen LogP contribution >= 0.6 is 23.2 Å². The van der Waals surface area contributed by atoms with Crippen molar-refractivity contribution in [3.63, 3.8) is 0 Å². The standard InChI is InChI=1S/C21H17Cl2N3/c22-12-4-6-18-14(8-12)16(10-24-18)20-2-1-3-21(26-20)17-11-25-19-7-5-13(23)9-15(17)19/h1-4,6,8,10-11,13,15,24H,5,7,9H2/t13-,15+/m1/s1. The molecule has 26 heavy (non-hydrogen) atoms. The highest BCUT2D eigenvalue weighted by Gasteiger charge is 2.32. The Bertz CT molecular complexity index is 1060. The third-order valence-corrected chi connectivity index (χ3v) is 5.95. The van der Waals surface area contributed by atoms with Gasteiger partial charge in [-0.1, -0.05) is 17.7 Å². The van der Waals surface area contributed by atoms with Gasteiger partial charge in [-0.25, -0.2) is 4.98 Å². The van der Waals surface area contributed by atoms with Crippen molar-refractivity contribution >= 4 is 45.4 Å². The first kappa shape index (κ1) is 16.1. The maximum Gasteiger partial charge on any atom is 0.0730 e. The Kier molecular flexibility index (Phi) is 3.87. The molecule has 3 heterocycles. The summed E-state index contributed by atoms with van der Waals surface area (Å²) in [5.41, 5.74) is 6.47. The Hall–Kier alpha value is -2.10. The van der Waals surface area contributed by atoms with Crippen LogP contribution < -0.4 is 0 Å². The molecule has 5 rings (SSSR count). The van der Waals surface area contributed by atoms with Crippen LogP contribution in [0.3, 0.4) is 0 Å². The minimum atomic E-state index is 0.222. The topological polar surface area (TPSA) is 41.0 Å². The van der Waals surface area contributed by atoms with Crippen LogP contribution in [0.5, 0.6) is 0 Å². The summed E-state index contributed by atoms with van der Waals surface area (Å²) in [6.07, 6.45) is 6.92. The van der Waals surface area contributed by atoms with E-state index in [1.807, 2.05) is 36.7 Å². The average molecular weight is 382 g/mol. The molecule has 3 aromatic rings. The van der Waals surface area contributed by atoms with Crippen LogP contribution in [0.15, 0.2) is 53.8 Å². The molecule has 0 bridgehead atoms. The van der Waals surface area contributed by atoms with Crippen LogP contribution in [-0.2, 0) is 0 Å². The number of H-pyrrole nitrogens is 1. The van der Waals surface area contributed by atoms with Gasteiger partial charge in [0.15, 0.2) is 0 Å². The highest BCUT2D eigenvalue weighted by atomic mass is 35.5. The first-order chi connectivity index (χ1) is 12.7. The van der Waals surface area contributed by atoms with Crippen LogP contribution in [0.2, 0.25) is 5.02 Å². The lowest BCUT2D eigenvalue weighted by Gasteiger charge is -2.25. The van der Waals surface area contributed by atoms with E-state index in [-0.39, 0.29) is 5.38 Å². The quantitative estimate of drug-likeness (QED) is 0.536. The number of aromatic nitrogens is 2. The van der Waals surface area contributed by atoms with E-state index < -0.39 is 0 Å². The SMILES string of the molecule is Clc1ccc2[nH]cc(-c3cccc(C4=CN=C5CC[C@@H](Cl)C[C@@H]45)n3)c2c1. The van der Waals surface area contributed by atoms with E-state index in [2.05, 4.69) is 22.1 Å². The van der Waals surface area contributed by atoms with Gasteiger partial charge in [-0.15, -0.1) is 11.6 Å². The van der Waals surface area contributed by atoms with Crippen LogP contribution in [0.25, 0.3) is 27.7 Å². The van der Waals surface area contributed by atoms with Gasteiger partial charge >= 0.3 is 0 Å². The summed E-state index contributed by atoms with van der Waals surface area (Å²) in [6, 6.07) is 12.0. The summed E-state index contributed by atoms with van der Waals surface area (Å²) in [5, 5.41) is 2.03. The lowest BCUT2D eigenvalue weighted by Crippen LogP contribution is -2.24. The molecule has 130 valence electrons. The second kappa shape index (κ2) is 6.26. The molecule has 0 saturated heterocycles. The molecule has 5 heteroatoms. The molecule has 1 N–H and O–H groups in total. The Morgan fingerprint density at radius 1 is 1.12 bits per heavy atom. The summed E-state index contributed by atoms with van der Waals surface area (Å²) in [6.45, 7) is 0. The molecular formula is C21H17Cl2N3. The predicted molar refractivity (Wildman–Crippen MR) is 109 cm³/mol. The Labute approximate surface area is 161 Å². The Morgan fingerprint density at radius 2 is 2.00 bits per heavy atom. The van der Waals surface area contributed by atoms with E-state index in [4.69, 9.17) is 28.2 Å². The largest absolute Gasteiger partial charge is 0.360 e. The van der Waals surface area contributed by atoms with E-state index in [0.29, 0.717) is 5.92 Å². The fraction of sp³-hybridized carbons (Fsp3) is 0.238. The van der Waals surface area contributed by atoms with E-state index in [9.17, 15) is 0 Å². The zero-order valence-electron chi connectivity index (χ0n) is 14.0. The van der Waals surface area contributed by atoms with E-state index >= 15 is 0 Å². The number of fused-ring (bicyclic) bond motifs is 2. The van der Waals surface area contributed by atoms with Crippen LogP contribution in [0, 0.1) is 5.92 Å². The molecule has 2 aromatic heterocycles. The van der Waals surface area contributed by atoms with Gasteiger partial charge in [0.1, 0.15) is 0 Å². The monoisotopic (exact) mass is 381 g/mol. The molecule has 0 unspecified atom stereocenters. The van der Waals surface area contributed by atoms with Crippen molar-refractivity contribution in [1.82, 2.24) is 9.97 Å². The van der Waals surface area contributed by atoms with Crippen molar-refractivity contribution in [2.75, 3.05) is 0 Å². The molecular weight excluding hydrogens is 365 g/mol. The number of aliphatic imine (C=N–C) groups is 1. The van der Waals surface area contributed by atoms with Gasteiger partial charge in [0.2, 0.25) is 0 Å². The second-order valence-electron chi connectivity index (χ2n) is 6.93. The van der Waals surface area contributed by atoms with Gasteiger partial charge in [0.05, 0.1) is 11.4 Å². The van der Waals surface area contributed by atoms with Crippen molar-refractivity contribution in [2.45, 2.75) is 24.6 Å². The number of aromatic amines is 1. The lowest BCUT2D eigenvalue weighted by atomic mass is 9.82. The Morgan fingerprint density at radius 3 is 2.92 bits per heavy atom. The van der Waals surface area contributed by atoms with Crippen LogP contribution in [0.4, 0.5) is 0 Å². The van der Waals surface area contributed by atoms with Gasteiger partial charge in [-0.05, 0) is 49.6 Å². The highest BCUT2D eigenvalue weighted by Crippen LogP contribution is 2.39. The molecule has 2 atom stereocenters. The minimum Gasteiger partial charge on any atom is -0.360 e. The predicted octanol–water partition coefficient (Wildman–Crippen LogP) is 6.09. The number of hydrogen-bond donors (Lipinski definition) is 1. The highest BCUT2D eigenvalue weighted by molar-refractivity contribution is 6.31. The number of nitrogens with zero attached hydrogens (tertiary/aromatic N) is 2. The fourth-order valence-corrected chi connectivity index (χ4v) is 4.45. The smallest absolute Gasteiger partial charge is 0.0730 e. The molecule has 3 nitrogen and oxygen atoms in total. The summed E-state index contributed by atoms with van der Waals surface area (Å²) >= 11 is 12.6. The third kappa shape index (κ3) is 2.67. The molecule has 1 aliphatic heterocycles. The molecule has 0 amide bonds. The van der Waals surface area contributed by atoms with E-state index in [1.54, 1.807) is 0 Å². The number of benzene rings is 1. The summed E-state index contributed by atoms with van der Waals surface area (Å²) in [7, 11) is 0. The number of allylic oxidation sites excluding steroid dienone is 1. The second-order valence-corrected chi connectivity index (χ2v) is 7.98. The van der Waals surface area contributed by atoms with Gasteiger partial charge in [-0.2, -0.15) is 0 Å². The first-order valence-electron chi connectivity index (χ1n) is 8.84. The van der Waals surface area contributed by atoms with Gasteiger partial charge in [0.25, 0.3) is 0 Å². The molecule has 1 saturated carbocycles. The summed E-state index contributed by atoms with van der Waals surface area (Å²) in [5.74, 6) is 0.311. The number of rotatable bonds is 2. The van der Waals surface area contributed by atoms with Crippen LogP contribution in [-0.4, -0.2) is 21.1 Å². The number of alkyl halides is 1. The zero-order chi connectivity index (χ0) is 17.7. The van der Waals surface area contributed by atoms with Gasteiger partial charge in [-0.3, -0.25) is 4.99 Å². The maximum atomic E-state index is 6.41. The molecule has 0 spiro atoms. The summed E-state index contributed by atoms with van der Waals surface area (Å²) < 4.78 is 0. The number of nitrogens with one attached hydrogen (secondary N) is 1. The minimum absolute atomic E-state index is 0.222. The number of halogens is 2. The third-order valence-electron chi connectivity index (χ3n) is 5.32. The van der Waals surface area contributed by atoms with Crippen molar-refractivity contribution < 1.29 is 0 Å². The van der Waals surface area contributed by atoms with Gasteiger partial charge < -0.3 is 4.98 Å². The van der Waals surface area contributed by atoms with Gasteiger partial charge in [0, 0.05) is 56.5 Å². The Balaban J connectivity index is 1.55. The van der Waals surface area contributed by atoms with E-state index in [1.165, 1.54) is 11.3 Å². The van der Waals surface area contributed by atoms with Crippen LogP contribution in [0.1, 0.15) is 25.0 Å². The van der Waals surface area contributed by atoms with Crippen molar-refractivity contribution in [3.05, 3.63) is 59.5 Å². The van der Waals surface area contributed by atoms with Crippen molar-refractivity contribution in [3.8, 4) is 11.3 Å². The summed E-state index contributed by atoms with van der Waals surface area (Å²) in [4.78, 5) is 12.9. The van der Waals surface area contributed by atoms with Crippen molar-refractivity contribution in [1.29, 1.82) is 0 Å². The normalized spacial score (nSPS) is 22.2. The molecule has 0 radical (unpaired) electrons. The number of hydrogen-bond acceptors (Lipinski definition) is 2. The molecule has 1 aromatic carbocycles. The van der Waals surface area contributed by atoms with E-state index in [0.717, 1.165) is 52.1 Å². The zero-order valence-corrected chi connectivity index (χ0v) is 15.6. The number of pyridine rings is 1. The maximum absolute atomic E-state index is 6.41. The fourth-order valence-electron chi connectivity index (χ4n) is 3.99. The van der Waals surface area contributed by atoms with Crippen molar-refractivity contribution in [2.24, 2.45) is 10.9 Å². The average Bonchev–Trinajstić information content (AvgIpc) is 3.25. The molecule has 1 fully saturated rings. The lowest BCUT2D eigenvalue weighted by molar-refractivity contribution is 0.617. The molecule has 2 aliphatic rings. The first-order valence-corrected chi connectivity index (χ1v) is 9.65.